The summed E-state index contributed by atoms with van der Waals surface area (Å²) >= 11 is 1.30. The number of anilines is 1. The van der Waals surface area contributed by atoms with Crippen molar-refractivity contribution in [1.82, 2.24) is 10.3 Å². The third-order valence-electron chi connectivity index (χ3n) is 4.76. The van der Waals surface area contributed by atoms with Crippen molar-refractivity contribution in [3.05, 3.63) is 80.7 Å². The molecule has 0 radical (unpaired) electrons. The predicted molar refractivity (Wildman–Crippen MR) is 113 cm³/mol. The third kappa shape index (κ3) is 5.19. The van der Waals surface area contributed by atoms with E-state index in [1.165, 1.54) is 28.5 Å². The van der Waals surface area contributed by atoms with Crippen LogP contribution in [0.4, 0.5) is 19.0 Å². The lowest BCUT2D eigenvalue weighted by molar-refractivity contribution is -0.137. The Balaban J connectivity index is 0.00000256. The number of aromatic nitrogens is 1. The van der Waals surface area contributed by atoms with Gasteiger partial charge < -0.3 is 10.6 Å². The number of rotatable bonds is 4. The number of thiazole rings is 1. The molecule has 1 aromatic heterocycles. The van der Waals surface area contributed by atoms with Crippen molar-refractivity contribution in [2.75, 3.05) is 11.9 Å². The molecule has 30 heavy (non-hydrogen) atoms. The van der Waals surface area contributed by atoms with Crippen molar-refractivity contribution in [3.63, 3.8) is 0 Å². The average Bonchev–Trinajstić information content (AvgIpc) is 3.13. The Morgan fingerprint density at radius 2 is 2.00 bits per heavy atom. The van der Waals surface area contributed by atoms with E-state index in [1.807, 2.05) is 12.1 Å². The summed E-state index contributed by atoms with van der Waals surface area (Å²) in [5, 5.41) is 8.40. The highest BCUT2D eigenvalue weighted by Crippen LogP contribution is 2.30. The number of halogens is 4. The maximum Gasteiger partial charge on any atom is 0.416 e. The van der Waals surface area contributed by atoms with E-state index in [0.717, 1.165) is 31.6 Å². The van der Waals surface area contributed by atoms with Crippen LogP contribution in [-0.4, -0.2) is 17.4 Å². The van der Waals surface area contributed by atoms with Crippen molar-refractivity contribution in [2.24, 2.45) is 0 Å². The Hall–Kier alpha value is -2.42. The maximum atomic E-state index is 12.9. The summed E-state index contributed by atoms with van der Waals surface area (Å²) in [6.45, 7) is 1.70. The number of benzene rings is 2. The lowest BCUT2D eigenvalue weighted by atomic mass is 9.98. The number of hydrogen-bond donors (Lipinski definition) is 2. The molecule has 3 aromatic rings. The van der Waals surface area contributed by atoms with Crippen LogP contribution in [0.1, 0.15) is 37.6 Å². The van der Waals surface area contributed by atoms with Gasteiger partial charge in [0.05, 0.1) is 10.6 Å². The summed E-state index contributed by atoms with van der Waals surface area (Å²) in [7, 11) is 0. The lowest BCUT2D eigenvalue weighted by Crippen LogP contribution is -2.24. The topological polar surface area (TPSA) is 54.0 Å². The fraction of sp³-hybridized carbons (Fsp3) is 0.238. The number of nitrogens with zero attached hydrogens (tertiary/aromatic N) is 1. The van der Waals surface area contributed by atoms with Crippen LogP contribution >= 0.6 is 23.7 Å². The molecular weight excluding hydrogens is 435 g/mol. The molecule has 0 saturated carbocycles. The van der Waals surface area contributed by atoms with E-state index in [2.05, 4.69) is 15.6 Å². The number of hydrogen-bond acceptors (Lipinski definition) is 4. The number of alkyl halides is 3. The molecule has 0 spiro atoms. The standard InChI is InChI=1S/C21H18F3N3OS.ClH/c22-21(23,24)17-3-1-2-13(8-17)9-19-26-18(12-29-19)27-20(28)15-4-5-16-11-25-7-6-14(16)10-15;/h1-5,8,10,12,25H,6-7,9,11H2,(H,27,28);1H. The van der Waals surface area contributed by atoms with Gasteiger partial charge in [0.25, 0.3) is 5.91 Å². The van der Waals surface area contributed by atoms with Crippen molar-refractivity contribution in [1.29, 1.82) is 0 Å². The number of carbonyl (C=O) groups excluding carboxylic acids is 1. The molecule has 158 valence electrons. The van der Waals surface area contributed by atoms with E-state index < -0.39 is 11.7 Å². The average molecular weight is 454 g/mol. The second-order valence-corrected chi connectivity index (χ2v) is 7.81. The predicted octanol–water partition coefficient (Wildman–Crippen LogP) is 5.07. The SMILES string of the molecule is Cl.O=C(Nc1csc(Cc2cccc(C(F)(F)F)c2)n1)c1ccc2c(c1)CCNC2. The summed E-state index contributed by atoms with van der Waals surface area (Å²) in [6.07, 6.45) is -3.21. The van der Waals surface area contributed by atoms with E-state index in [9.17, 15) is 18.0 Å². The molecule has 2 aromatic carbocycles. The number of carbonyl (C=O) groups is 1. The monoisotopic (exact) mass is 453 g/mol. The molecule has 0 unspecified atom stereocenters. The zero-order valence-electron chi connectivity index (χ0n) is 15.8. The molecule has 1 aliphatic rings. The van der Waals surface area contributed by atoms with E-state index in [1.54, 1.807) is 17.5 Å². The molecule has 0 fully saturated rings. The van der Waals surface area contributed by atoms with Crippen LogP contribution < -0.4 is 10.6 Å². The molecule has 2 N–H and O–H groups in total. The molecule has 4 nitrogen and oxygen atoms in total. The van der Waals surface area contributed by atoms with Gasteiger partial charge in [-0.3, -0.25) is 4.79 Å². The van der Waals surface area contributed by atoms with Gasteiger partial charge in [0, 0.05) is 23.9 Å². The van der Waals surface area contributed by atoms with Gasteiger partial charge in [0.2, 0.25) is 0 Å². The lowest BCUT2D eigenvalue weighted by Gasteiger charge is -2.17. The van der Waals surface area contributed by atoms with Gasteiger partial charge >= 0.3 is 6.18 Å². The first kappa shape index (κ1) is 22.3. The number of nitrogens with one attached hydrogen (secondary N) is 2. The fourth-order valence-electron chi connectivity index (χ4n) is 3.29. The van der Waals surface area contributed by atoms with Crippen molar-refractivity contribution in [3.8, 4) is 0 Å². The van der Waals surface area contributed by atoms with Crippen LogP contribution in [0.3, 0.4) is 0 Å². The van der Waals surface area contributed by atoms with Crippen molar-refractivity contribution < 1.29 is 18.0 Å². The van der Waals surface area contributed by atoms with Gasteiger partial charge in [-0.2, -0.15) is 13.2 Å². The highest BCUT2D eigenvalue weighted by atomic mass is 35.5. The van der Waals surface area contributed by atoms with Crippen LogP contribution in [0.25, 0.3) is 0 Å². The quantitative estimate of drug-likeness (QED) is 0.579. The smallest absolute Gasteiger partial charge is 0.312 e. The first-order chi connectivity index (χ1) is 13.9. The largest absolute Gasteiger partial charge is 0.416 e. The molecule has 1 aliphatic heterocycles. The van der Waals surface area contributed by atoms with Crippen LogP contribution in [0.2, 0.25) is 0 Å². The highest BCUT2D eigenvalue weighted by molar-refractivity contribution is 7.10. The minimum atomic E-state index is -4.37. The summed E-state index contributed by atoms with van der Waals surface area (Å²) in [5.74, 6) is 0.156. The van der Waals surface area contributed by atoms with E-state index in [4.69, 9.17) is 0 Å². The van der Waals surface area contributed by atoms with Gasteiger partial charge in [0.1, 0.15) is 5.82 Å². The summed E-state index contributed by atoms with van der Waals surface area (Å²) in [5.41, 5.74) is 2.78. The van der Waals surface area contributed by atoms with Crippen molar-refractivity contribution >= 4 is 35.5 Å². The highest BCUT2D eigenvalue weighted by Gasteiger charge is 2.30. The summed E-state index contributed by atoms with van der Waals surface area (Å²) in [4.78, 5) is 16.9. The first-order valence-corrected chi connectivity index (χ1v) is 10.0. The second kappa shape index (κ2) is 9.16. The van der Waals surface area contributed by atoms with Gasteiger partial charge in [0.15, 0.2) is 0 Å². The molecule has 9 heteroatoms. The van der Waals surface area contributed by atoms with E-state index >= 15 is 0 Å². The minimum Gasteiger partial charge on any atom is -0.312 e. The van der Waals surface area contributed by atoms with Crippen LogP contribution in [0, 0.1) is 0 Å². The Morgan fingerprint density at radius 1 is 1.17 bits per heavy atom. The van der Waals surface area contributed by atoms with Gasteiger partial charge in [-0.15, -0.1) is 23.7 Å². The minimum absolute atomic E-state index is 0. The molecular formula is C21H19ClF3N3OS. The van der Waals surface area contributed by atoms with Crippen LogP contribution in [-0.2, 0) is 25.6 Å². The molecule has 0 bridgehead atoms. The summed E-state index contributed by atoms with van der Waals surface area (Å²) in [6, 6.07) is 10.8. The zero-order valence-corrected chi connectivity index (χ0v) is 17.4. The van der Waals surface area contributed by atoms with E-state index in [-0.39, 0.29) is 24.7 Å². The first-order valence-electron chi connectivity index (χ1n) is 9.13. The van der Waals surface area contributed by atoms with Gasteiger partial charge in [-0.05, 0) is 47.9 Å². The Kier molecular flexibility index (Phi) is 6.80. The van der Waals surface area contributed by atoms with Gasteiger partial charge in [-0.25, -0.2) is 4.98 Å². The Bertz CT molecular complexity index is 1050. The summed E-state index contributed by atoms with van der Waals surface area (Å²) < 4.78 is 38.6. The van der Waals surface area contributed by atoms with Crippen LogP contribution in [0.15, 0.2) is 47.8 Å². The van der Waals surface area contributed by atoms with Gasteiger partial charge in [-0.1, -0.05) is 24.3 Å². The maximum absolute atomic E-state index is 12.9. The van der Waals surface area contributed by atoms with Crippen LogP contribution in [0.5, 0.6) is 0 Å². The van der Waals surface area contributed by atoms with E-state index in [0.29, 0.717) is 22.0 Å². The number of amides is 1. The normalized spacial score (nSPS) is 13.3. The van der Waals surface area contributed by atoms with Crippen molar-refractivity contribution in [2.45, 2.75) is 25.6 Å². The second-order valence-electron chi connectivity index (χ2n) is 6.87. The molecule has 4 rings (SSSR count). The molecule has 0 saturated heterocycles. The molecule has 0 atom stereocenters. The molecule has 0 aliphatic carbocycles. The molecule has 1 amide bonds. The number of fused-ring (bicyclic) bond motifs is 1. The third-order valence-corrected chi connectivity index (χ3v) is 5.61. The Labute approximate surface area is 182 Å². The Morgan fingerprint density at radius 3 is 2.80 bits per heavy atom. The molecule has 2 heterocycles. The zero-order chi connectivity index (χ0) is 20.4. The fourth-order valence-corrected chi connectivity index (χ4v) is 4.05.